The van der Waals surface area contributed by atoms with Gasteiger partial charge in [0.2, 0.25) is 5.91 Å². The minimum absolute atomic E-state index is 0.0465. The first kappa shape index (κ1) is 16.8. The number of nitrogens with one attached hydrogen (secondary N) is 2. The number of hydrogen-bond acceptors (Lipinski definition) is 4. The standard InChI is InChI=1S/C18H17FN2O4/c19-14-4-2-1-3-13(14)18(23)20-8-7-17(22)21-12-5-6-15-16(11-12)25-10-9-24-15/h1-6,11H,7-10H2,(H,20,23)(H,21,22). The van der Waals surface area contributed by atoms with E-state index in [0.29, 0.717) is 30.4 Å². The Kier molecular flexibility index (Phi) is 5.13. The van der Waals surface area contributed by atoms with Gasteiger partial charge in [0.25, 0.3) is 5.91 Å². The summed E-state index contributed by atoms with van der Waals surface area (Å²) in [6, 6.07) is 10.8. The minimum atomic E-state index is -0.597. The molecule has 0 saturated carbocycles. The van der Waals surface area contributed by atoms with Crippen molar-refractivity contribution in [3.63, 3.8) is 0 Å². The normalized spacial score (nSPS) is 12.4. The predicted octanol–water partition coefficient (Wildman–Crippen LogP) is 2.36. The zero-order chi connectivity index (χ0) is 17.6. The first-order valence-electron chi connectivity index (χ1n) is 7.86. The molecule has 0 bridgehead atoms. The molecule has 1 heterocycles. The number of carbonyl (C=O) groups is 2. The lowest BCUT2D eigenvalue weighted by molar-refractivity contribution is -0.116. The largest absolute Gasteiger partial charge is 0.486 e. The molecule has 0 fully saturated rings. The van der Waals surface area contributed by atoms with Crippen LogP contribution in [0.3, 0.4) is 0 Å². The summed E-state index contributed by atoms with van der Waals surface area (Å²) in [5.74, 6) is -0.199. The van der Waals surface area contributed by atoms with E-state index in [1.165, 1.54) is 18.2 Å². The molecule has 0 aliphatic carbocycles. The molecule has 2 N–H and O–H groups in total. The average molecular weight is 344 g/mol. The molecule has 1 aliphatic rings. The van der Waals surface area contributed by atoms with Gasteiger partial charge in [0.15, 0.2) is 11.5 Å². The second kappa shape index (κ2) is 7.65. The van der Waals surface area contributed by atoms with Crippen molar-refractivity contribution in [2.24, 2.45) is 0 Å². The molecule has 3 rings (SSSR count). The lowest BCUT2D eigenvalue weighted by atomic mass is 10.2. The third kappa shape index (κ3) is 4.26. The van der Waals surface area contributed by atoms with Gasteiger partial charge in [-0.2, -0.15) is 0 Å². The Bertz CT molecular complexity index is 794. The van der Waals surface area contributed by atoms with E-state index in [1.54, 1.807) is 24.3 Å². The van der Waals surface area contributed by atoms with Crippen LogP contribution in [0.15, 0.2) is 42.5 Å². The van der Waals surface area contributed by atoms with Gasteiger partial charge >= 0.3 is 0 Å². The highest BCUT2D eigenvalue weighted by molar-refractivity contribution is 5.95. The molecule has 0 radical (unpaired) electrons. The summed E-state index contributed by atoms with van der Waals surface area (Å²) in [4.78, 5) is 23.8. The summed E-state index contributed by atoms with van der Waals surface area (Å²) < 4.78 is 24.3. The van der Waals surface area contributed by atoms with E-state index in [2.05, 4.69) is 10.6 Å². The molecule has 0 spiro atoms. The van der Waals surface area contributed by atoms with E-state index in [4.69, 9.17) is 9.47 Å². The van der Waals surface area contributed by atoms with Crippen molar-refractivity contribution in [1.29, 1.82) is 0 Å². The van der Waals surface area contributed by atoms with Crippen LogP contribution in [-0.4, -0.2) is 31.6 Å². The van der Waals surface area contributed by atoms with Crippen LogP contribution in [0, 0.1) is 5.82 Å². The van der Waals surface area contributed by atoms with Crippen LogP contribution >= 0.6 is 0 Å². The Hall–Kier alpha value is -3.09. The average Bonchev–Trinajstić information content (AvgIpc) is 2.62. The van der Waals surface area contributed by atoms with E-state index >= 15 is 0 Å². The summed E-state index contributed by atoms with van der Waals surface area (Å²) in [7, 11) is 0. The van der Waals surface area contributed by atoms with Crippen LogP contribution in [0.2, 0.25) is 0 Å². The lowest BCUT2D eigenvalue weighted by Gasteiger charge is -2.19. The van der Waals surface area contributed by atoms with Crippen molar-refractivity contribution in [3.05, 3.63) is 53.8 Å². The minimum Gasteiger partial charge on any atom is -0.486 e. The molecule has 6 nitrogen and oxygen atoms in total. The van der Waals surface area contributed by atoms with Gasteiger partial charge in [0.05, 0.1) is 5.56 Å². The summed E-state index contributed by atoms with van der Waals surface area (Å²) in [5.41, 5.74) is 0.532. The van der Waals surface area contributed by atoms with Crippen molar-refractivity contribution in [2.75, 3.05) is 25.1 Å². The van der Waals surface area contributed by atoms with Crippen LogP contribution in [-0.2, 0) is 4.79 Å². The zero-order valence-electron chi connectivity index (χ0n) is 13.4. The number of amides is 2. The smallest absolute Gasteiger partial charge is 0.254 e. The van der Waals surface area contributed by atoms with Crippen molar-refractivity contribution in [1.82, 2.24) is 5.32 Å². The lowest BCUT2D eigenvalue weighted by Crippen LogP contribution is -2.28. The van der Waals surface area contributed by atoms with E-state index in [1.807, 2.05) is 0 Å². The summed E-state index contributed by atoms with van der Waals surface area (Å²) in [6.07, 6.45) is 0.0641. The van der Waals surface area contributed by atoms with Crippen LogP contribution < -0.4 is 20.1 Å². The van der Waals surface area contributed by atoms with E-state index in [0.717, 1.165) is 0 Å². The molecule has 1 aliphatic heterocycles. The number of halogens is 1. The van der Waals surface area contributed by atoms with Gasteiger partial charge in [0, 0.05) is 24.7 Å². The second-order valence-corrected chi connectivity index (χ2v) is 5.39. The van der Waals surface area contributed by atoms with Crippen molar-refractivity contribution < 1.29 is 23.5 Å². The topological polar surface area (TPSA) is 76.7 Å². The quantitative estimate of drug-likeness (QED) is 0.873. The summed E-state index contributed by atoms with van der Waals surface area (Å²) >= 11 is 0. The van der Waals surface area contributed by atoms with E-state index in [-0.39, 0.29) is 24.4 Å². The maximum atomic E-state index is 13.5. The Morgan fingerprint density at radius 1 is 1.04 bits per heavy atom. The first-order valence-corrected chi connectivity index (χ1v) is 7.86. The number of ether oxygens (including phenoxy) is 2. The molecule has 2 aromatic carbocycles. The van der Waals surface area contributed by atoms with Crippen LogP contribution in [0.25, 0.3) is 0 Å². The molecule has 7 heteroatoms. The van der Waals surface area contributed by atoms with Crippen LogP contribution in [0.5, 0.6) is 11.5 Å². The van der Waals surface area contributed by atoms with Crippen molar-refractivity contribution >= 4 is 17.5 Å². The molecule has 130 valence electrons. The summed E-state index contributed by atoms with van der Waals surface area (Å²) in [5, 5.41) is 5.24. The Morgan fingerprint density at radius 3 is 2.60 bits per heavy atom. The molecular weight excluding hydrogens is 327 g/mol. The first-order chi connectivity index (χ1) is 12.1. The number of fused-ring (bicyclic) bond motifs is 1. The SMILES string of the molecule is O=C(CCNC(=O)c1ccccc1F)Nc1ccc2c(c1)OCCO2. The number of carbonyl (C=O) groups excluding carboxylic acids is 2. The number of benzene rings is 2. The van der Waals surface area contributed by atoms with Crippen molar-refractivity contribution in [3.8, 4) is 11.5 Å². The maximum absolute atomic E-state index is 13.5. The molecule has 25 heavy (non-hydrogen) atoms. The number of hydrogen-bond donors (Lipinski definition) is 2. The number of rotatable bonds is 5. The third-order valence-corrected chi connectivity index (χ3v) is 3.58. The van der Waals surface area contributed by atoms with Gasteiger partial charge in [-0.25, -0.2) is 4.39 Å². The van der Waals surface area contributed by atoms with E-state index in [9.17, 15) is 14.0 Å². The fourth-order valence-corrected chi connectivity index (χ4v) is 2.37. The fourth-order valence-electron chi connectivity index (χ4n) is 2.37. The highest BCUT2D eigenvalue weighted by Gasteiger charge is 2.13. The molecule has 2 aromatic rings. The fraction of sp³-hybridized carbons (Fsp3) is 0.222. The highest BCUT2D eigenvalue weighted by Crippen LogP contribution is 2.32. The van der Waals surface area contributed by atoms with Crippen LogP contribution in [0.1, 0.15) is 16.8 Å². The summed E-state index contributed by atoms with van der Waals surface area (Å²) in [6.45, 7) is 1.07. The molecular formula is C18H17FN2O4. The molecule has 0 saturated heterocycles. The molecule has 0 aromatic heterocycles. The van der Waals surface area contributed by atoms with Gasteiger partial charge in [-0.05, 0) is 24.3 Å². The van der Waals surface area contributed by atoms with Gasteiger partial charge in [-0.1, -0.05) is 12.1 Å². The zero-order valence-corrected chi connectivity index (χ0v) is 13.4. The van der Waals surface area contributed by atoms with Gasteiger partial charge in [-0.15, -0.1) is 0 Å². The van der Waals surface area contributed by atoms with Gasteiger partial charge in [0.1, 0.15) is 19.0 Å². The maximum Gasteiger partial charge on any atom is 0.254 e. The Labute approximate surface area is 143 Å². The van der Waals surface area contributed by atoms with Gasteiger partial charge in [-0.3, -0.25) is 9.59 Å². The molecule has 2 amide bonds. The van der Waals surface area contributed by atoms with Crippen molar-refractivity contribution in [2.45, 2.75) is 6.42 Å². The Balaban J connectivity index is 1.48. The molecule has 0 unspecified atom stereocenters. The second-order valence-electron chi connectivity index (χ2n) is 5.39. The monoisotopic (exact) mass is 344 g/mol. The van der Waals surface area contributed by atoms with E-state index < -0.39 is 11.7 Å². The van der Waals surface area contributed by atoms with Gasteiger partial charge < -0.3 is 20.1 Å². The highest BCUT2D eigenvalue weighted by atomic mass is 19.1. The predicted molar refractivity (Wildman–Crippen MR) is 89.4 cm³/mol. The third-order valence-electron chi connectivity index (χ3n) is 3.58. The Morgan fingerprint density at radius 2 is 1.80 bits per heavy atom. The number of anilines is 1. The molecule has 0 atom stereocenters. The van der Waals surface area contributed by atoms with Crippen LogP contribution in [0.4, 0.5) is 10.1 Å².